The van der Waals surface area contributed by atoms with Gasteiger partial charge in [-0.2, -0.15) is 0 Å². The summed E-state index contributed by atoms with van der Waals surface area (Å²) >= 11 is 0. The van der Waals surface area contributed by atoms with Crippen LogP contribution in [0.15, 0.2) is 54.6 Å². The topological polar surface area (TPSA) is 52.6 Å². The van der Waals surface area contributed by atoms with Crippen molar-refractivity contribution in [2.75, 3.05) is 0 Å². The predicted octanol–water partition coefficient (Wildman–Crippen LogP) is 3.36. The van der Waals surface area contributed by atoms with Crippen LogP contribution in [0.4, 0.5) is 0 Å². The Bertz CT molecular complexity index is 620. The third-order valence-corrected chi connectivity index (χ3v) is 2.84. The number of hydrogen-bond donors (Lipinski definition) is 0. The van der Waals surface area contributed by atoms with Crippen LogP contribution in [0.5, 0.6) is 5.75 Å². The molecule has 0 saturated heterocycles. The second kappa shape index (κ2) is 7.24. The highest BCUT2D eigenvalue weighted by molar-refractivity contribution is 5.98. The molecule has 2 rings (SSSR count). The van der Waals surface area contributed by atoms with Crippen molar-refractivity contribution >= 4 is 11.9 Å². The third kappa shape index (κ3) is 4.18. The zero-order valence-corrected chi connectivity index (χ0v) is 11.7. The zero-order valence-electron chi connectivity index (χ0n) is 11.7. The Labute approximate surface area is 123 Å². The second-order valence-electron chi connectivity index (χ2n) is 4.39. The molecule has 0 aliphatic carbocycles. The summed E-state index contributed by atoms with van der Waals surface area (Å²) in [4.78, 5) is 23.1. The molecule has 0 atom stereocenters. The minimum Gasteiger partial charge on any atom is -0.488 e. The maximum Gasteiger partial charge on any atom is 0.349 e. The first-order chi connectivity index (χ1) is 10.2. The van der Waals surface area contributed by atoms with Gasteiger partial charge in [-0.3, -0.25) is 4.79 Å². The molecule has 0 saturated carbocycles. The fourth-order valence-corrected chi connectivity index (χ4v) is 1.73. The normalized spacial score (nSPS) is 9.95. The Kier molecular flexibility index (Phi) is 5.10. The first kappa shape index (κ1) is 14.8. The van der Waals surface area contributed by atoms with Crippen molar-refractivity contribution < 1.29 is 19.1 Å². The van der Waals surface area contributed by atoms with Gasteiger partial charge in [0.25, 0.3) is 0 Å². The average molecular weight is 284 g/mol. The fourth-order valence-electron chi connectivity index (χ4n) is 1.73. The summed E-state index contributed by atoms with van der Waals surface area (Å²) in [6.07, 6.45) is 0.152. The molecule has 0 spiro atoms. The molecule has 0 aliphatic rings. The number of esters is 2. The number of carbonyl (C=O) groups excluding carboxylic acids is 2. The highest BCUT2D eigenvalue weighted by Gasteiger charge is 2.16. The van der Waals surface area contributed by atoms with E-state index >= 15 is 0 Å². The van der Waals surface area contributed by atoms with E-state index in [1.807, 2.05) is 30.3 Å². The summed E-state index contributed by atoms with van der Waals surface area (Å²) in [5, 5.41) is 0. The van der Waals surface area contributed by atoms with Gasteiger partial charge in [0.2, 0.25) is 0 Å². The Balaban J connectivity index is 2.09. The molecule has 0 heterocycles. The molecule has 0 aliphatic heterocycles. The summed E-state index contributed by atoms with van der Waals surface area (Å²) in [6.45, 7) is 1.97. The van der Waals surface area contributed by atoms with E-state index in [9.17, 15) is 9.59 Å². The van der Waals surface area contributed by atoms with Crippen LogP contribution >= 0.6 is 0 Å². The van der Waals surface area contributed by atoms with Crippen LogP contribution in [0.3, 0.4) is 0 Å². The van der Waals surface area contributed by atoms with Gasteiger partial charge in [0.1, 0.15) is 17.9 Å². The van der Waals surface area contributed by atoms with E-state index in [-0.39, 0.29) is 12.0 Å². The maximum atomic E-state index is 11.9. The van der Waals surface area contributed by atoms with Gasteiger partial charge in [-0.05, 0) is 17.7 Å². The van der Waals surface area contributed by atoms with Crippen LogP contribution in [-0.4, -0.2) is 11.9 Å². The standard InChI is InChI=1S/C17H16O4/c1-2-16(18)21-17(19)14-10-6-7-11-15(14)20-12-13-8-4-3-5-9-13/h3-11H,2,12H2,1H3. The fraction of sp³-hybridized carbons (Fsp3) is 0.176. The number of rotatable bonds is 5. The van der Waals surface area contributed by atoms with Crippen LogP contribution in [0, 0.1) is 0 Å². The van der Waals surface area contributed by atoms with Crippen LogP contribution in [0.25, 0.3) is 0 Å². The van der Waals surface area contributed by atoms with Crippen molar-refractivity contribution in [1.29, 1.82) is 0 Å². The van der Waals surface area contributed by atoms with Crippen molar-refractivity contribution in [3.8, 4) is 5.75 Å². The molecule has 0 unspecified atom stereocenters. The Hall–Kier alpha value is -2.62. The van der Waals surface area contributed by atoms with Gasteiger partial charge in [0.15, 0.2) is 0 Å². The number of ether oxygens (including phenoxy) is 2. The number of benzene rings is 2. The van der Waals surface area contributed by atoms with E-state index in [2.05, 4.69) is 0 Å². The van der Waals surface area contributed by atoms with Crippen molar-refractivity contribution in [3.05, 3.63) is 65.7 Å². The summed E-state index contributed by atoms with van der Waals surface area (Å²) < 4.78 is 10.4. The number of hydrogen-bond acceptors (Lipinski definition) is 4. The molecule has 108 valence electrons. The van der Waals surface area contributed by atoms with Crippen molar-refractivity contribution in [2.45, 2.75) is 20.0 Å². The predicted molar refractivity (Wildman–Crippen MR) is 77.9 cm³/mol. The van der Waals surface area contributed by atoms with Crippen LogP contribution < -0.4 is 4.74 Å². The number of para-hydroxylation sites is 1. The molecular formula is C17H16O4. The maximum absolute atomic E-state index is 11.9. The van der Waals surface area contributed by atoms with Gasteiger partial charge in [-0.15, -0.1) is 0 Å². The van der Waals surface area contributed by atoms with Crippen molar-refractivity contribution in [1.82, 2.24) is 0 Å². The lowest BCUT2D eigenvalue weighted by Gasteiger charge is -2.10. The van der Waals surface area contributed by atoms with Gasteiger partial charge in [-0.25, -0.2) is 4.79 Å². The van der Waals surface area contributed by atoms with Gasteiger partial charge < -0.3 is 9.47 Å². The van der Waals surface area contributed by atoms with Gasteiger partial charge >= 0.3 is 11.9 Å². The smallest absolute Gasteiger partial charge is 0.349 e. The lowest BCUT2D eigenvalue weighted by atomic mass is 10.2. The van der Waals surface area contributed by atoms with E-state index in [0.717, 1.165) is 5.56 Å². The van der Waals surface area contributed by atoms with Gasteiger partial charge in [-0.1, -0.05) is 49.4 Å². The third-order valence-electron chi connectivity index (χ3n) is 2.84. The Morgan fingerprint density at radius 1 is 0.952 bits per heavy atom. The SMILES string of the molecule is CCC(=O)OC(=O)c1ccccc1OCc1ccccc1. The monoisotopic (exact) mass is 284 g/mol. The molecule has 0 radical (unpaired) electrons. The largest absolute Gasteiger partial charge is 0.488 e. The summed E-state index contributed by atoms with van der Waals surface area (Å²) in [6, 6.07) is 16.3. The van der Waals surface area contributed by atoms with Gasteiger partial charge in [0.05, 0.1) is 0 Å². The van der Waals surface area contributed by atoms with Crippen LogP contribution in [0.2, 0.25) is 0 Å². The number of carbonyl (C=O) groups is 2. The van der Waals surface area contributed by atoms with E-state index < -0.39 is 11.9 Å². The quantitative estimate of drug-likeness (QED) is 0.624. The molecule has 2 aromatic carbocycles. The summed E-state index contributed by atoms with van der Waals surface area (Å²) in [5.41, 5.74) is 1.24. The molecule has 0 N–H and O–H groups in total. The zero-order chi connectivity index (χ0) is 15.1. The average Bonchev–Trinajstić information content (AvgIpc) is 2.54. The van der Waals surface area contributed by atoms with Crippen LogP contribution in [0.1, 0.15) is 29.3 Å². The second-order valence-corrected chi connectivity index (χ2v) is 4.39. The lowest BCUT2D eigenvalue weighted by Crippen LogP contribution is -2.12. The molecular weight excluding hydrogens is 268 g/mol. The molecule has 2 aromatic rings. The molecule has 4 heteroatoms. The highest BCUT2D eigenvalue weighted by Crippen LogP contribution is 2.20. The Morgan fingerprint density at radius 3 is 2.33 bits per heavy atom. The van der Waals surface area contributed by atoms with E-state index in [4.69, 9.17) is 9.47 Å². The minimum absolute atomic E-state index is 0.152. The minimum atomic E-state index is -0.689. The lowest BCUT2D eigenvalue weighted by molar-refractivity contribution is -0.137. The summed E-state index contributed by atoms with van der Waals surface area (Å²) in [5.74, 6) is -0.848. The molecule has 4 nitrogen and oxygen atoms in total. The highest BCUT2D eigenvalue weighted by atomic mass is 16.6. The molecule has 0 aromatic heterocycles. The van der Waals surface area contributed by atoms with Crippen LogP contribution in [-0.2, 0) is 16.1 Å². The van der Waals surface area contributed by atoms with E-state index in [1.54, 1.807) is 31.2 Å². The molecule has 0 bridgehead atoms. The van der Waals surface area contributed by atoms with E-state index in [0.29, 0.717) is 12.4 Å². The Morgan fingerprint density at radius 2 is 1.62 bits per heavy atom. The van der Waals surface area contributed by atoms with Crippen molar-refractivity contribution in [2.24, 2.45) is 0 Å². The van der Waals surface area contributed by atoms with Crippen molar-refractivity contribution in [3.63, 3.8) is 0 Å². The molecule has 0 amide bonds. The van der Waals surface area contributed by atoms with Gasteiger partial charge in [0, 0.05) is 6.42 Å². The first-order valence-electron chi connectivity index (χ1n) is 6.71. The summed E-state index contributed by atoms with van der Waals surface area (Å²) in [7, 11) is 0. The van der Waals surface area contributed by atoms with E-state index in [1.165, 1.54) is 0 Å². The first-order valence-corrected chi connectivity index (χ1v) is 6.71. The molecule has 21 heavy (non-hydrogen) atoms. The molecule has 0 fully saturated rings.